The highest BCUT2D eigenvalue weighted by atomic mass is 32.1. The normalized spacial score (nSPS) is 13.3. The summed E-state index contributed by atoms with van der Waals surface area (Å²) < 4.78 is 0. The Morgan fingerprint density at radius 1 is 1.14 bits per heavy atom. The van der Waals surface area contributed by atoms with Crippen molar-refractivity contribution in [1.29, 1.82) is 5.26 Å². The second-order valence-corrected chi connectivity index (χ2v) is 8.29. The smallest absolute Gasteiger partial charge is 0.160 e. The molecule has 3 nitrogen and oxygen atoms in total. The Balaban J connectivity index is 1.74. The third kappa shape index (κ3) is 3.62. The van der Waals surface area contributed by atoms with E-state index in [4.69, 9.17) is 5.26 Å². The van der Waals surface area contributed by atoms with Gasteiger partial charge in [0.05, 0.1) is 5.57 Å². The molecule has 1 aliphatic heterocycles. The number of nitriles is 1. The molecular weight excluding hydrogens is 376 g/mol. The largest absolute Gasteiger partial charge is 0.341 e. The van der Waals surface area contributed by atoms with E-state index in [9.17, 15) is 4.79 Å². The van der Waals surface area contributed by atoms with E-state index in [0.29, 0.717) is 6.29 Å². The van der Waals surface area contributed by atoms with Gasteiger partial charge in [0.2, 0.25) is 0 Å². The summed E-state index contributed by atoms with van der Waals surface area (Å²) in [5.74, 6) is 0. The van der Waals surface area contributed by atoms with Crippen LogP contribution in [0.5, 0.6) is 0 Å². The quantitative estimate of drug-likeness (QED) is 0.304. The molecule has 144 valence electrons. The van der Waals surface area contributed by atoms with Crippen LogP contribution in [-0.4, -0.2) is 12.8 Å². The topological polar surface area (TPSA) is 44.1 Å². The molecule has 0 saturated heterocycles. The molecule has 4 rings (SSSR count). The van der Waals surface area contributed by atoms with Crippen LogP contribution in [0.4, 0.5) is 11.4 Å². The van der Waals surface area contributed by atoms with Crippen molar-refractivity contribution >= 4 is 35.1 Å². The number of allylic oxidation sites excluding steroid dienone is 1. The fourth-order valence-corrected chi connectivity index (χ4v) is 5.07. The van der Waals surface area contributed by atoms with Crippen molar-refractivity contribution in [3.63, 3.8) is 0 Å². The molecule has 0 bridgehead atoms. The number of nitrogens with zero attached hydrogens (tertiary/aromatic N) is 2. The average Bonchev–Trinajstić information content (AvgIpc) is 3.03. The van der Waals surface area contributed by atoms with Gasteiger partial charge in [-0.1, -0.05) is 24.3 Å². The van der Waals surface area contributed by atoms with Crippen LogP contribution in [-0.2, 0) is 17.6 Å². The lowest BCUT2D eigenvalue weighted by Crippen LogP contribution is -2.17. The van der Waals surface area contributed by atoms with Gasteiger partial charge >= 0.3 is 0 Å². The van der Waals surface area contributed by atoms with Crippen LogP contribution in [0.25, 0.3) is 16.5 Å². The van der Waals surface area contributed by atoms with Crippen LogP contribution < -0.4 is 4.90 Å². The minimum Gasteiger partial charge on any atom is -0.341 e. The molecular formula is C25H22N2OS. The van der Waals surface area contributed by atoms with E-state index in [2.05, 4.69) is 60.4 Å². The standard InChI is InChI=1S/C25H22N2OS/c1-3-27-22-7-5-4-6-19(22)8-9-20-14-21(10-11-23(20)27)25-12-17(2)24(29-25)13-18(15-26)16-28/h4-7,10-14,16H,3,8-9H2,1-2H3/b18-13+. The molecule has 0 spiro atoms. The molecule has 0 aliphatic carbocycles. The number of para-hydroxylation sites is 1. The molecule has 0 saturated carbocycles. The van der Waals surface area contributed by atoms with Crippen molar-refractivity contribution in [1.82, 2.24) is 0 Å². The first kappa shape index (κ1) is 19.2. The average molecular weight is 399 g/mol. The van der Waals surface area contributed by atoms with Crippen molar-refractivity contribution in [2.75, 3.05) is 11.4 Å². The monoisotopic (exact) mass is 398 g/mol. The van der Waals surface area contributed by atoms with Gasteiger partial charge in [0.1, 0.15) is 6.07 Å². The first-order chi connectivity index (χ1) is 14.1. The van der Waals surface area contributed by atoms with Gasteiger partial charge in [0, 0.05) is 27.7 Å². The first-order valence-electron chi connectivity index (χ1n) is 9.80. The number of carbonyl (C=O) groups is 1. The maximum Gasteiger partial charge on any atom is 0.160 e. The highest BCUT2D eigenvalue weighted by Gasteiger charge is 2.20. The highest BCUT2D eigenvalue weighted by molar-refractivity contribution is 7.16. The van der Waals surface area contributed by atoms with Gasteiger partial charge in [0.25, 0.3) is 0 Å². The molecule has 0 radical (unpaired) electrons. The van der Waals surface area contributed by atoms with E-state index < -0.39 is 0 Å². The van der Waals surface area contributed by atoms with Gasteiger partial charge in [-0.25, -0.2) is 0 Å². The molecule has 1 aliphatic rings. The Morgan fingerprint density at radius 3 is 2.66 bits per heavy atom. The van der Waals surface area contributed by atoms with Gasteiger partial charge in [0.15, 0.2) is 6.29 Å². The Kier molecular flexibility index (Phi) is 5.33. The number of aldehydes is 1. The van der Waals surface area contributed by atoms with E-state index in [1.807, 2.05) is 13.0 Å². The number of carbonyl (C=O) groups excluding carboxylic acids is 1. The Morgan fingerprint density at radius 2 is 1.90 bits per heavy atom. The Labute approximate surface area is 175 Å². The zero-order valence-electron chi connectivity index (χ0n) is 16.6. The molecule has 0 unspecified atom stereocenters. The maximum absolute atomic E-state index is 11.0. The van der Waals surface area contributed by atoms with Gasteiger partial charge in [-0.05, 0) is 79.3 Å². The zero-order chi connectivity index (χ0) is 20.4. The van der Waals surface area contributed by atoms with E-state index in [-0.39, 0.29) is 5.57 Å². The number of aryl methyl sites for hydroxylation is 3. The molecule has 0 fully saturated rings. The number of benzene rings is 2. The Bertz CT molecular complexity index is 1150. The summed E-state index contributed by atoms with van der Waals surface area (Å²) in [7, 11) is 0. The predicted octanol–water partition coefficient (Wildman–Crippen LogP) is 6.09. The maximum atomic E-state index is 11.0. The minimum absolute atomic E-state index is 0.153. The van der Waals surface area contributed by atoms with Crippen LogP contribution >= 0.6 is 11.3 Å². The summed E-state index contributed by atoms with van der Waals surface area (Å²) in [5, 5.41) is 9.03. The van der Waals surface area contributed by atoms with Gasteiger partial charge < -0.3 is 4.90 Å². The fraction of sp³-hybridized carbons (Fsp3) is 0.200. The van der Waals surface area contributed by atoms with E-state index >= 15 is 0 Å². The summed E-state index contributed by atoms with van der Waals surface area (Å²) in [4.78, 5) is 15.5. The van der Waals surface area contributed by atoms with Gasteiger partial charge in [-0.15, -0.1) is 11.3 Å². The van der Waals surface area contributed by atoms with Gasteiger partial charge in [-0.3, -0.25) is 4.79 Å². The van der Waals surface area contributed by atoms with Crippen molar-refractivity contribution in [3.05, 3.63) is 75.7 Å². The molecule has 2 heterocycles. The molecule has 1 aromatic heterocycles. The number of thiophene rings is 1. The zero-order valence-corrected chi connectivity index (χ0v) is 17.4. The molecule has 3 aromatic rings. The summed E-state index contributed by atoms with van der Waals surface area (Å²) in [5.41, 5.74) is 7.75. The predicted molar refractivity (Wildman–Crippen MR) is 121 cm³/mol. The number of hydrogen-bond donors (Lipinski definition) is 0. The summed E-state index contributed by atoms with van der Waals surface area (Å²) >= 11 is 1.62. The number of rotatable bonds is 4. The molecule has 4 heteroatoms. The molecule has 0 atom stereocenters. The Hall–Kier alpha value is -3.16. The molecule has 29 heavy (non-hydrogen) atoms. The number of hydrogen-bond acceptors (Lipinski definition) is 4. The highest BCUT2D eigenvalue weighted by Crippen LogP contribution is 2.39. The SMILES string of the molecule is CCN1c2ccccc2CCc2cc(-c3cc(C)c(/C=C(\C#N)C=O)s3)ccc21. The second-order valence-electron chi connectivity index (χ2n) is 7.20. The van der Waals surface area contributed by atoms with Crippen LogP contribution in [0.15, 0.2) is 54.1 Å². The minimum atomic E-state index is 0.153. The first-order valence-corrected chi connectivity index (χ1v) is 10.6. The third-order valence-corrected chi connectivity index (χ3v) is 6.65. The summed E-state index contributed by atoms with van der Waals surface area (Å²) in [6.07, 6.45) is 4.33. The summed E-state index contributed by atoms with van der Waals surface area (Å²) in [6.45, 7) is 5.14. The van der Waals surface area contributed by atoms with Crippen LogP contribution in [0.3, 0.4) is 0 Å². The lowest BCUT2D eigenvalue weighted by atomic mass is 10.0. The van der Waals surface area contributed by atoms with Crippen molar-refractivity contribution in [3.8, 4) is 16.5 Å². The van der Waals surface area contributed by atoms with Gasteiger partial charge in [-0.2, -0.15) is 5.26 Å². The van der Waals surface area contributed by atoms with E-state index in [1.54, 1.807) is 17.4 Å². The van der Waals surface area contributed by atoms with Crippen molar-refractivity contribution in [2.24, 2.45) is 0 Å². The van der Waals surface area contributed by atoms with Crippen LogP contribution in [0.1, 0.15) is 28.5 Å². The van der Waals surface area contributed by atoms with E-state index in [1.165, 1.54) is 28.1 Å². The molecule has 2 aromatic carbocycles. The van der Waals surface area contributed by atoms with Crippen molar-refractivity contribution in [2.45, 2.75) is 26.7 Å². The lowest BCUT2D eigenvalue weighted by Gasteiger charge is -2.25. The second kappa shape index (κ2) is 8.06. The summed E-state index contributed by atoms with van der Waals surface area (Å²) in [6, 6.07) is 19.5. The lowest BCUT2D eigenvalue weighted by molar-refractivity contribution is -0.104. The van der Waals surface area contributed by atoms with Crippen LogP contribution in [0, 0.1) is 18.3 Å². The van der Waals surface area contributed by atoms with E-state index in [0.717, 1.165) is 34.7 Å². The number of fused-ring (bicyclic) bond motifs is 2. The third-order valence-electron chi connectivity index (χ3n) is 5.42. The molecule has 0 N–H and O–H groups in total. The molecule has 0 amide bonds. The van der Waals surface area contributed by atoms with Crippen LogP contribution in [0.2, 0.25) is 0 Å². The number of anilines is 2. The fourth-order valence-electron chi connectivity index (χ4n) is 3.94. The van der Waals surface area contributed by atoms with Crippen molar-refractivity contribution < 1.29 is 4.79 Å².